The minimum absolute atomic E-state index is 0.0875. The van der Waals surface area contributed by atoms with E-state index in [1.165, 1.54) is 77.2 Å². The molecule has 0 unspecified atom stereocenters. The first-order valence-electron chi connectivity index (χ1n) is 19.5. The third-order valence-electron chi connectivity index (χ3n) is 11.7. The van der Waals surface area contributed by atoms with Gasteiger partial charge in [0.15, 0.2) is 0 Å². The highest BCUT2D eigenvalue weighted by atomic mass is 15.1. The predicted octanol–water partition coefficient (Wildman–Crippen LogP) is 15.3. The summed E-state index contributed by atoms with van der Waals surface area (Å²) in [4.78, 5) is 2.35. The van der Waals surface area contributed by atoms with Gasteiger partial charge in [-0.25, -0.2) is 0 Å². The monoisotopic (exact) mass is 715 g/mol. The molecule has 0 N–H and O–H groups in total. The van der Waals surface area contributed by atoms with Gasteiger partial charge in [-0.05, 0) is 126 Å². The summed E-state index contributed by atoms with van der Waals surface area (Å²) in [6, 6.07) is 75.1. The van der Waals surface area contributed by atoms with Crippen LogP contribution in [-0.4, -0.2) is 0 Å². The average molecular weight is 716 g/mol. The molecule has 56 heavy (non-hydrogen) atoms. The lowest BCUT2D eigenvalue weighted by Gasteiger charge is -2.27. The second-order valence-electron chi connectivity index (χ2n) is 15.4. The maximum Gasteiger partial charge on any atom is 0.0462 e. The number of benzene rings is 9. The molecule has 0 aromatic heterocycles. The Kier molecular flexibility index (Phi) is 8.23. The van der Waals surface area contributed by atoms with Crippen molar-refractivity contribution in [2.24, 2.45) is 0 Å². The quantitative estimate of drug-likeness (QED) is 0.159. The summed E-state index contributed by atoms with van der Waals surface area (Å²) in [5, 5.41) is 5.16. The molecule has 9 aromatic carbocycles. The summed E-state index contributed by atoms with van der Waals surface area (Å²) in [5.41, 5.74) is 15.9. The van der Waals surface area contributed by atoms with E-state index in [0.717, 1.165) is 17.1 Å². The minimum Gasteiger partial charge on any atom is -0.311 e. The second kappa shape index (κ2) is 13.7. The molecular formula is C55H41N. The Hall–Kier alpha value is -6.96. The Labute approximate surface area is 329 Å². The molecule has 9 aromatic rings. The van der Waals surface area contributed by atoms with Crippen molar-refractivity contribution in [3.63, 3.8) is 0 Å². The molecule has 0 saturated heterocycles. The van der Waals surface area contributed by atoms with Crippen LogP contribution in [0.5, 0.6) is 0 Å². The van der Waals surface area contributed by atoms with E-state index in [2.05, 4.69) is 231 Å². The van der Waals surface area contributed by atoms with Crippen LogP contribution in [0, 0.1) is 0 Å². The van der Waals surface area contributed by atoms with Crippen LogP contribution in [0.25, 0.3) is 66.6 Å². The van der Waals surface area contributed by atoms with Crippen molar-refractivity contribution in [1.29, 1.82) is 0 Å². The number of anilines is 3. The Morgan fingerprint density at radius 3 is 1.38 bits per heavy atom. The van der Waals surface area contributed by atoms with Crippen molar-refractivity contribution in [2.75, 3.05) is 4.90 Å². The number of allylic oxidation sites excluding steroid dienone is 1. The minimum atomic E-state index is -0.0875. The maximum absolute atomic E-state index is 2.39. The average Bonchev–Trinajstić information content (AvgIpc) is 3.55. The van der Waals surface area contributed by atoms with Crippen LogP contribution in [0.15, 0.2) is 206 Å². The van der Waals surface area contributed by atoms with Crippen LogP contribution in [0.4, 0.5) is 17.1 Å². The molecule has 266 valence electrons. The Morgan fingerprint density at radius 1 is 0.339 bits per heavy atom. The summed E-state index contributed by atoms with van der Waals surface area (Å²) in [5.74, 6) is 0. The number of fused-ring (bicyclic) bond motifs is 4. The molecular weight excluding hydrogens is 675 g/mol. The molecule has 0 radical (unpaired) electrons. The van der Waals surface area contributed by atoms with Gasteiger partial charge in [-0.3, -0.25) is 0 Å². The van der Waals surface area contributed by atoms with Crippen LogP contribution in [0.1, 0.15) is 30.5 Å². The molecule has 0 aliphatic heterocycles. The number of hydrogen-bond donors (Lipinski definition) is 0. The first-order valence-corrected chi connectivity index (χ1v) is 19.5. The highest BCUT2D eigenvalue weighted by Crippen LogP contribution is 2.49. The van der Waals surface area contributed by atoms with Crippen molar-refractivity contribution in [2.45, 2.75) is 19.3 Å². The molecule has 10 rings (SSSR count). The fourth-order valence-electron chi connectivity index (χ4n) is 8.72. The molecule has 0 saturated carbocycles. The van der Waals surface area contributed by atoms with Gasteiger partial charge in [-0.15, -0.1) is 0 Å². The lowest BCUT2D eigenvalue weighted by atomic mass is 9.76. The molecule has 0 atom stereocenters. The summed E-state index contributed by atoms with van der Waals surface area (Å²) < 4.78 is 0. The van der Waals surface area contributed by atoms with Crippen molar-refractivity contribution >= 4 is 50.3 Å². The fraction of sp³-hybridized carbons (Fsp3) is 0.0545. The maximum atomic E-state index is 2.39. The number of nitrogens with zero attached hydrogens (tertiary/aromatic N) is 1. The third kappa shape index (κ3) is 5.99. The molecule has 1 heteroatoms. The van der Waals surface area contributed by atoms with E-state index in [4.69, 9.17) is 0 Å². The zero-order chi connectivity index (χ0) is 37.6. The van der Waals surface area contributed by atoms with Crippen LogP contribution in [0.3, 0.4) is 0 Å². The molecule has 0 amide bonds. The highest BCUT2D eigenvalue weighted by molar-refractivity contribution is 6.02. The van der Waals surface area contributed by atoms with Crippen molar-refractivity contribution in [3.05, 3.63) is 223 Å². The van der Waals surface area contributed by atoms with Crippen molar-refractivity contribution in [3.8, 4) is 33.4 Å². The lowest BCUT2D eigenvalue weighted by Crippen LogP contribution is -2.16. The van der Waals surface area contributed by atoms with E-state index < -0.39 is 0 Å². The number of hydrogen-bond acceptors (Lipinski definition) is 1. The largest absolute Gasteiger partial charge is 0.311 e. The normalized spacial score (nSPS) is 13.1. The van der Waals surface area contributed by atoms with Gasteiger partial charge < -0.3 is 4.90 Å². The molecule has 1 aliphatic carbocycles. The van der Waals surface area contributed by atoms with Crippen LogP contribution in [-0.2, 0) is 5.41 Å². The zero-order valence-electron chi connectivity index (χ0n) is 31.7. The second-order valence-corrected chi connectivity index (χ2v) is 15.4. The zero-order valence-corrected chi connectivity index (χ0v) is 31.7. The van der Waals surface area contributed by atoms with E-state index in [-0.39, 0.29) is 5.41 Å². The smallest absolute Gasteiger partial charge is 0.0462 e. The van der Waals surface area contributed by atoms with E-state index >= 15 is 0 Å². The molecule has 0 spiro atoms. The van der Waals surface area contributed by atoms with Crippen LogP contribution in [0.2, 0.25) is 0 Å². The van der Waals surface area contributed by atoms with Gasteiger partial charge in [0.25, 0.3) is 0 Å². The van der Waals surface area contributed by atoms with Crippen molar-refractivity contribution < 1.29 is 0 Å². The van der Waals surface area contributed by atoms with Gasteiger partial charge in [0.2, 0.25) is 0 Å². The van der Waals surface area contributed by atoms with Gasteiger partial charge in [0.05, 0.1) is 0 Å². The van der Waals surface area contributed by atoms with E-state index in [1.807, 2.05) is 0 Å². The van der Waals surface area contributed by atoms with E-state index in [9.17, 15) is 0 Å². The Balaban J connectivity index is 0.958. The molecule has 1 nitrogen and oxygen atoms in total. The SMILES string of the molecule is CC1(C)C(c2ccc(-c3ccc(N(c4ccc(-c5ccccc5)cc4)c4ccc(-c5ccc6ccccc6c5)cc4)cc3)cc2)=Cc2ccc3ccccc3c21. The molecule has 0 fully saturated rings. The van der Waals surface area contributed by atoms with Gasteiger partial charge in [0.1, 0.15) is 0 Å². The van der Waals surface area contributed by atoms with Gasteiger partial charge in [0, 0.05) is 22.5 Å². The topological polar surface area (TPSA) is 3.24 Å². The molecule has 1 aliphatic rings. The van der Waals surface area contributed by atoms with Crippen LogP contribution < -0.4 is 4.90 Å². The van der Waals surface area contributed by atoms with E-state index in [1.54, 1.807) is 0 Å². The summed E-state index contributed by atoms with van der Waals surface area (Å²) in [6.07, 6.45) is 2.39. The summed E-state index contributed by atoms with van der Waals surface area (Å²) in [7, 11) is 0. The fourth-order valence-corrected chi connectivity index (χ4v) is 8.72. The summed E-state index contributed by atoms with van der Waals surface area (Å²) >= 11 is 0. The molecule has 0 bridgehead atoms. The van der Waals surface area contributed by atoms with Gasteiger partial charge in [-0.2, -0.15) is 0 Å². The standard InChI is InChI=1S/C55H41N/c1-55(2)53(37-48-23-19-44-13-8-9-15-52(44)54(48)55)45-20-16-40(17-21-45)42-26-32-50(33-27-42)56(49-30-24-41(25-31-49)38-10-4-3-5-11-38)51-34-28-43(29-35-51)47-22-18-39-12-6-7-14-46(39)36-47/h3-37H,1-2H3. The van der Waals surface area contributed by atoms with Gasteiger partial charge in [-0.1, -0.05) is 178 Å². The Morgan fingerprint density at radius 2 is 0.768 bits per heavy atom. The summed E-state index contributed by atoms with van der Waals surface area (Å²) in [6.45, 7) is 4.73. The van der Waals surface area contributed by atoms with E-state index in [0.29, 0.717) is 0 Å². The van der Waals surface area contributed by atoms with Crippen molar-refractivity contribution in [1.82, 2.24) is 0 Å². The third-order valence-corrected chi connectivity index (χ3v) is 11.7. The predicted molar refractivity (Wildman–Crippen MR) is 240 cm³/mol. The highest BCUT2D eigenvalue weighted by Gasteiger charge is 2.35. The lowest BCUT2D eigenvalue weighted by molar-refractivity contribution is 0.711. The van der Waals surface area contributed by atoms with Gasteiger partial charge >= 0.3 is 0 Å². The molecule has 0 heterocycles. The van der Waals surface area contributed by atoms with Crippen LogP contribution >= 0.6 is 0 Å². The first kappa shape index (κ1) is 33.6. The Bertz CT molecular complexity index is 2880. The first-order chi connectivity index (χ1) is 27.5. The number of rotatable bonds is 7.